The van der Waals surface area contributed by atoms with E-state index in [0.717, 1.165) is 12.3 Å². The molecule has 9 unspecified atom stereocenters. The van der Waals surface area contributed by atoms with E-state index in [0.29, 0.717) is 47.6 Å². The lowest BCUT2D eigenvalue weighted by atomic mass is 9.52. The Morgan fingerprint density at radius 1 is 0.786 bits per heavy atom. The number of Topliss-reactive ketones (excluding diaryl/α,β-unsaturated/α-hetero) is 1. The van der Waals surface area contributed by atoms with Crippen molar-refractivity contribution in [3.8, 4) is 0 Å². The fourth-order valence-electron chi connectivity index (χ4n) is 8.01. The first-order valence-corrected chi connectivity index (χ1v) is 11.9. The fraction of sp³-hybridized carbons (Fsp3) is 0.720. The second kappa shape index (κ2) is 6.95. The molecule has 0 spiro atoms. The van der Waals surface area contributed by atoms with Gasteiger partial charge in [-0.1, -0.05) is 56.0 Å². The summed E-state index contributed by atoms with van der Waals surface area (Å²) in [6.07, 6.45) is 11.5. The first-order chi connectivity index (χ1) is 13.8. The second-order valence-electron chi connectivity index (χ2n) is 10.3. The van der Waals surface area contributed by atoms with Crippen molar-refractivity contribution in [2.45, 2.75) is 82.0 Å². The van der Waals surface area contributed by atoms with Gasteiger partial charge in [0.1, 0.15) is 0 Å². The smallest absolute Gasteiger partial charge is 0.153 e. The van der Waals surface area contributed by atoms with Crippen LogP contribution in [-0.2, 0) is 4.79 Å². The number of nitrogens with one attached hydrogen (secondary N) is 2. The van der Waals surface area contributed by atoms with E-state index in [1.807, 2.05) is 0 Å². The van der Waals surface area contributed by atoms with Gasteiger partial charge in [-0.05, 0) is 55.4 Å². The maximum Gasteiger partial charge on any atom is 0.153 e. The molecule has 3 heteroatoms. The van der Waals surface area contributed by atoms with Crippen molar-refractivity contribution in [3.63, 3.8) is 0 Å². The molecule has 2 saturated heterocycles. The fourth-order valence-corrected chi connectivity index (χ4v) is 8.01. The molecule has 3 saturated carbocycles. The number of rotatable bonds is 1. The summed E-state index contributed by atoms with van der Waals surface area (Å²) in [5.41, 5.74) is 1.45. The van der Waals surface area contributed by atoms with Crippen molar-refractivity contribution >= 4 is 5.78 Å². The summed E-state index contributed by atoms with van der Waals surface area (Å²) in [7, 11) is 0. The lowest BCUT2D eigenvalue weighted by Gasteiger charge is -2.61. The first-order valence-electron chi connectivity index (χ1n) is 11.9. The van der Waals surface area contributed by atoms with Gasteiger partial charge in [-0.15, -0.1) is 0 Å². The summed E-state index contributed by atoms with van der Waals surface area (Å²) in [4.78, 5) is 13.6. The lowest BCUT2D eigenvalue weighted by molar-refractivity contribution is -0.146. The van der Waals surface area contributed by atoms with Crippen LogP contribution in [0.2, 0.25) is 0 Å². The molecule has 2 aliphatic heterocycles. The average Bonchev–Trinajstić information content (AvgIpc) is 2.77. The summed E-state index contributed by atoms with van der Waals surface area (Å²) >= 11 is 0. The van der Waals surface area contributed by atoms with Gasteiger partial charge >= 0.3 is 0 Å². The van der Waals surface area contributed by atoms with Crippen LogP contribution in [0.4, 0.5) is 0 Å². The predicted molar refractivity (Wildman–Crippen MR) is 111 cm³/mol. The Balaban J connectivity index is 1.40. The van der Waals surface area contributed by atoms with E-state index >= 15 is 0 Å². The number of hydrogen-bond acceptors (Lipinski definition) is 3. The number of piperidine rings is 2. The lowest BCUT2D eigenvalue weighted by Crippen LogP contribution is -2.73. The monoisotopic (exact) mass is 378 g/mol. The van der Waals surface area contributed by atoms with Gasteiger partial charge in [0.05, 0.1) is 6.04 Å². The van der Waals surface area contributed by atoms with Crippen molar-refractivity contribution in [3.05, 3.63) is 35.9 Å². The van der Waals surface area contributed by atoms with E-state index in [2.05, 4.69) is 41.0 Å². The second-order valence-corrected chi connectivity index (χ2v) is 10.3. The van der Waals surface area contributed by atoms with Gasteiger partial charge in [-0.2, -0.15) is 0 Å². The van der Waals surface area contributed by atoms with Gasteiger partial charge in [0, 0.05) is 30.0 Å². The minimum atomic E-state index is 0.123. The van der Waals surface area contributed by atoms with Gasteiger partial charge in [0.15, 0.2) is 5.78 Å². The quantitative estimate of drug-likeness (QED) is 0.768. The minimum Gasteiger partial charge on any atom is -0.307 e. The van der Waals surface area contributed by atoms with Crippen molar-refractivity contribution in [1.29, 1.82) is 0 Å². The molecule has 0 bridgehead atoms. The largest absolute Gasteiger partial charge is 0.307 e. The zero-order valence-corrected chi connectivity index (χ0v) is 16.9. The molecule has 9 atom stereocenters. The molecule has 5 aliphatic rings. The number of hydrogen-bond donors (Lipinski definition) is 2. The van der Waals surface area contributed by atoms with E-state index < -0.39 is 0 Å². The van der Waals surface area contributed by atoms with E-state index in [1.165, 1.54) is 56.9 Å². The van der Waals surface area contributed by atoms with Crippen molar-refractivity contribution in [2.75, 3.05) is 0 Å². The highest BCUT2D eigenvalue weighted by molar-refractivity contribution is 5.88. The number of carbonyl (C=O) groups is 1. The molecular weight excluding hydrogens is 344 g/mol. The predicted octanol–water partition coefficient (Wildman–Crippen LogP) is 4.24. The molecule has 150 valence electrons. The molecule has 0 radical (unpaired) electrons. The van der Waals surface area contributed by atoms with Crippen LogP contribution in [0, 0.1) is 29.6 Å². The molecule has 6 rings (SSSR count). The van der Waals surface area contributed by atoms with Gasteiger partial charge in [-0.3, -0.25) is 4.79 Å². The summed E-state index contributed by atoms with van der Waals surface area (Å²) in [6.45, 7) is 0. The first kappa shape index (κ1) is 17.7. The Bertz CT molecular complexity index is 725. The molecule has 3 nitrogen and oxygen atoms in total. The van der Waals surface area contributed by atoms with Crippen LogP contribution >= 0.6 is 0 Å². The van der Waals surface area contributed by atoms with Crippen LogP contribution in [0.25, 0.3) is 0 Å². The zero-order chi connectivity index (χ0) is 18.7. The third-order valence-electron chi connectivity index (χ3n) is 9.11. The molecule has 3 aliphatic carbocycles. The van der Waals surface area contributed by atoms with Crippen molar-refractivity contribution < 1.29 is 4.79 Å². The summed E-state index contributed by atoms with van der Waals surface area (Å²) in [6, 6.07) is 12.8. The van der Waals surface area contributed by atoms with Crippen LogP contribution < -0.4 is 10.6 Å². The molecule has 2 N–H and O–H groups in total. The number of fused-ring (bicyclic) bond motifs is 4. The maximum absolute atomic E-state index is 13.6. The topological polar surface area (TPSA) is 41.1 Å². The normalized spacial score (nSPS) is 47.6. The van der Waals surface area contributed by atoms with Gasteiger partial charge in [0.25, 0.3) is 0 Å². The molecule has 5 fully saturated rings. The highest BCUT2D eigenvalue weighted by Gasteiger charge is 2.59. The van der Waals surface area contributed by atoms with E-state index in [9.17, 15) is 4.79 Å². The Labute approximate surface area is 169 Å². The minimum absolute atomic E-state index is 0.123. The molecule has 2 heterocycles. The van der Waals surface area contributed by atoms with Crippen molar-refractivity contribution in [1.82, 2.24) is 10.6 Å². The average molecular weight is 379 g/mol. The molecule has 0 amide bonds. The highest BCUT2D eigenvalue weighted by Crippen LogP contribution is 2.54. The van der Waals surface area contributed by atoms with Crippen molar-refractivity contribution in [2.24, 2.45) is 29.6 Å². The molecule has 1 aromatic rings. The maximum atomic E-state index is 13.6. The number of ketones is 1. The SMILES string of the molecule is O=C1C2CCCCC2C2NC(c3ccccc3)CC3C4CCCCC4NC1C32. The zero-order valence-electron chi connectivity index (χ0n) is 16.9. The molecule has 1 aromatic carbocycles. The number of carbonyl (C=O) groups excluding carboxylic acids is 1. The van der Waals surface area contributed by atoms with Crippen LogP contribution in [0.15, 0.2) is 30.3 Å². The molecular formula is C25H34N2O. The van der Waals surface area contributed by atoms with E-state index in [-0.39, 0.29) is 6.04 Å². The van der Waals surface area contributed by atoms with Gasteiger partial charge in [0.2, 0.25) is 0 Å². The van der Waals surface area contributed by atoms with Crippen LogP contribution in [0.1, 0.15) is 69.4 Å². The molecule has 28 heavy (non-hydrogen) atoms. The van der Waals surface area contributed by atoms with E-state index in [1.54, 1.807) is 0 Å². The van der Waals surface area contributed by atoms with Crippen LogP contribution in [0.5, 0.6) is 0 Å². The molecule has 0 aromatic heterocycles. The number of benzene rings is 1. The Hall–Kier alpha value is -1.19. The van der Waals surface area contributed by atoms with Crippen LogP contribution in [0.3, 0.4) is 0 Å². The third-order valence-corrected chi connectivity index (χ3v) is 9.11. The van der Waals surface area contributed by atoms with Gasteiger partial charge < -0.3 is 10.6 Å². The third kappa shape index (κ3) is 2.65. The summed E-state index contributed by atoms with van der Waals surface area (Å²) in [5, 5.41) is 8.06. The van der Waals surface area contributed by atoms with E-state index in [4.69, 9.17) is 0 Å². The van der Waals surface area contributed by atoms with Gasteiger partial charge in [-0.25, -0.2) is 0 Å². The summed E-state index contributed by atoms with van der Waals surface area (Å²) < 4.78 is 0. The van der Waals surface area contributed by atoms with Crippen LogP contribution in [-0.4, -0.2) is 23.9 Å². The highest BCUT2D eigenvalue weighted by atomic mass is 16.1. The Kier molecular flexibility index (Phi) is 4.38. The summed E-state index contributed by atoms with van der Waals surface area (Å²) in [5.74, 6) is 3.46. The standard InChI is InChI=1S/C25H34N2O/c28-25-18-12-5-4-11-17(18)23-22-19(14-21(27-23)15-8-2-1-3-9-15)16-10-6-7-13-20(16)26-24(22)25/h1-3,8-9,16-24,26-27H,4-7,10-14H2. The Morgan fingerprint density at radius 2 is 1.54 bits per heavy atom. The Morgan fingerprint density at radius 3 is 2.39 bits per heavy atom.